The molecule has 3 heterocycles. The SMILES string of the molecule is Cc1cccc(Cc2nc(-c3cccc(C)n3)nc(N3CCN(C)CC3)n2)c1. The van der Waals surface area contributed by atoms with Gasteiger partial charge in [-0.25, -0.2) is 9.97 Å². The van der Waals surface area contributed by atoms with Crippen LogP contribution in [0.25, 0.3) is 11.5 Å². The molecule has 1 saturated heterocycles. The summed E-state index contributed by atoms with van der Waals surface area (Å²) in [4.78, 5) is 23.5. The molecule has 28 heavy (non-hydrogen) atoms. The lowest BCUT2D eigenvalue weighted by Gasteiger charge is -2.32. The van der Waals surface area contributed by atoms with Gasteiger partial charge in [0, 0.05) is 38.3 Å². The number of aromatic nitrogens is 4. The monoisotopic (exact) mass is 374 g/mol. The highest BCUT2D eigenvalue weighted by atomic mass is 15.3. The summed E-state index contributed by atoms with van der Waals surface area (Å²) in [5, 5.41) is 0. The smallest absolute Gasteiger partial charge is 0.229 e. The van der Waals surface area contributed by atoms with Crippen molar-refractivity contribution in [1.29, 1.82) is 0 Å². The van der Waals surface area contributed by atoms with Crippen LogP contribution in [0.4, 0.5) is 5.95 Å². The number of piperazine rings is 1. The maximum Gasteiger partial charge on any atom is 0.229 e. The van der Waals surface area contributed by atoms with Gasteiger partial charge >= 0.3 is 0 Å². The maximum atomic E-state index is 4.81. The number of nitrogens with zero attached hydrogens (tertiary/aromatic N) is 6. The van der Waals surface area contributed by atoms with Crippen molar-refractivity contribution in [2.75, 3.05) is 38.1 Å². The standard InChI is InChI=1S/C22H26N6/c1-16-6-4-8-18(14-16)15-20-24-21(19-9-5-7-17(2)23-19)26-22(25-20)28-12-10-27(3)11-13-28/h4-9,14H,10-13,15H2,1-3H3. The van der Waals surface area contributed by atoms with Gasteiger partial charge in [0.25, 0.3) is 0 Å². The van der Waals surface area contributed by atoms with Crippen LogP contribution in [0.1, 0.15) is 22.6 Å². The molecule has 0 bridgehead atoms. The van der Waals surface area contributed by atoms with E-state index in [-0.39, 0.29) is 0 Å². The highest BCUT2D eigenvalue weighted by Crippen LogP contribution is 2.19. The zero-order valence-corrected chi connectivity index (χ0v) is 16.8. The van der Waals surface area contributed by atoms with E-state index >= 15 is 0 Å². The van der Waals surface area contributed by atoms with Crippen LogP contribution >= 0.6 is 0 Å². The summed E-state index contributed by atoms with van der Waals surface area (Å²) in [5.74, 6) is 2.19. The summed E-state index contributed by atoms with van der Waals surface area (Å²) in [6, 6.07) is 14.4. The molecule has 4 rings (SSSR count). The molecule has 6 heteroatoms. The molecule has 1 fully saturated rings. The Morgan fingerprint density at radius 2 is 1.64 bits per heavy atom. The van der Waals surface area contributed by atoms with Crippen LogP contribution in [0.5, 0.6) is 0 Å². The summed E-state index contributed by atoms with van der Waals surface area (Å²) in [6.45, 7) is 7.96. The fourth-order valence-corrected chi connectivity index (χ4v) is 3.42. The van der Waals surface area contributed by atoms with Gasteiger partial charge in [-0.05, 0) is 38.6 Å². The molecule has 0 unspecified atom stereocenters. The molecule has 2 aromatic heterocycles. The second-order valence-electron chi connectivity index (χ2n) is 7.50. The normalized spacial score (nSPS) is 15.0. The lowest BCUT2D eigenvalue weighted by atomic mass is 10.1. The largest absolute Gasteiger partial charge is 0.338 e. The third-order valence-corrected chi connectivity index (χ3v) is 5.02. The number of likely N-dealkylation sites (N-methyl/N-ethyl adjacent to an activating group) is 1. The Bertz CT molecular complexity index is 963. The van der Waals surface area contributed by atoms with E-state index in [4.69, 9.17) is 15.0 Å². The number of aryl methyl sites for hydroxylation is 2. The first kappa shape index (κ1) is 18.5. The van der Waals surface area contributed by atoms with E-state index < -0.39 is 0 Å². The second-order valence-corrected chi connectivity index (χ2v) is 7.50. The van der Waals surface area contributed by atoms with Gasteiger partial charge in [-0.15, -0.1) is 0 Å². The van der Waals surface area contributed by atoms with Crippen molar-refractivity contribution < 1.29 is 0 Å². The molecular weight excluding hydrogens is 348 g/mol. The van der Waals surface area contributed by atoms with Crippen molar-refractivity contribution in [3.8, 4) is 11.5 Å². The zero-order chi connectivity index (χ0) is 19.5. The number of benzene rings is 1. The predicted octanol–water partition coefficient (Wildman–Crippen LogP) is 2.89. The molecule has 0 saturated carbocycles. The third kappa shape index (κ3) is 4.34. The lowest BCUT2D eigenvalue weighted by Crippen LogP contribution is -2.45. The van der Waals surface area contributed by atoms with E-state index in [0.29, 0.717) is 12.2 Å². The van der Waals surface area contributed by atoms with Crippen LogP contribution in [0.15, 0.2) is 42.5 Å². The Balaban J connectivity index is 1.72. The Kier molecular flexibility index (Phi) is 5.30. The van der Waals surface area contributed by atoms with Gasteiger partial charge in [0.05, 0.1) is 0 Å². The second kappa shape index (κ2) is 8.02. The molecule has 3 aromatic rings. The van der Waals surface area contributed by atoms with Crippen molar-refractivity contribution in [3.63, 3.8) is 0 Å². The summed E-state index contributed by atoms with van der Waals surface area (Å²) < 4.78 is 0. The minimum atomic E-state index is 0.648. The van der Waals surface area contributed by atoms with Crippen LogP contribution in [0.3, 0.4) is 0 Å². The Labute approximate surface area is 166 Å². The first-order chi connectivity index (χ1) is 13.6. The Morgan fingerprint density at radius 1 is 0.857 bits per heavy atom. The molecule has 0 aliphatic carbocycles. The molecule has 1 aliphatic rings. The van der Waals surface area contributed by atoms with E-state index in [0.717, 1.165) is 49.3 Å². The zero-order valence-electron chi connectivity index (χ0n) is 16.8. The maximum absolute atomic E-state index is 4.81. The first-order valence-corrected chi connectivity index (χ1v) is 9.75. The molecule has 144 valence electrons. The average Bonchev–Trinajstić information content (AvgIpc) is 2.68. The van der Waals surface area contributed by atoms with E-state index in [1.165, 1.54) is 11.1 Å². The number of hydrogen-bond donors (Lipinski definition) is 0. The Hall–Kier alpha value is -2.86. The van der Waals surface area contributed by atoms with Crippen LogP contribution in [-0.4, -0.2) is 58.1 Å². The van der Waals surface area contributed by atoms with Gasteiger partial charge in [0.15, 0.2) is 5.82 Å². The number of pyridine rings is 1. The van der Waals surface area contributed by atoms with Crippen LogP contribution in [0.2, 0.25) is 0 Å². The van der Waals surface area contributed by atoms with Crippen molar-refractivity contribution in [2.45, 2.75) is 20.3 Å². The first-order valence-electron chi connectivity index (χ1n) is 9.75. The summed E-state index contributed by atoms with van der Waals surface area (Å²) in [5.41, 5.74) is 4.20. The van der Waals surface area contributed by atoms with Gasteiger partial charge in [-0.1, -0.05) is 35.9 Å². The van der Waals surface area contributed by atoms with E-state index in [9.17, 15) is 0 Å². The molecule has 1 aromatic carbocycles. The molecule has 0 amide bonds. The summed E-state index contributed by atoms with van der Waals surface area (Å²) in [6.07, 6.45) is 0.684. The minimum Gasteiger partial charge on any atom is -0.338 e. The van der Waals surface area contributed by atoms with E-state index in [1.54, 1.807) is 0 Å². The van der Waals surface area contributed by atoms with Gasteiger partial charge in [0.2, 0.25) is 5.95 Å². The average molecular weight is 374 g/mol. The minimum absolute atomic E-state index is 0.648. The van der Waals surface area contributed by atoms with Crippen LogP contribution in [-0.2, 0) is 6.42 Å². The topological polar surface area (TPSA) is 58.0 Å². The lowest BCUT2D eigenvalue weighted by molar-refractivity contribution is 0.311. The molecule has 0 N–H and O–H groups in total. The quantitative estimate of drug-likeness (QED) is 0.700. The third-order valence-electron chi connectivity index (χ3n) is 5.02. The van der Waals surface area contributed by atoms with Gasteiger partial charge in [0.1, 0.15) is 11.5 Å². The highest BCUT2D eigenvalue weighted by Gasteiger charge is 2.19. The number of hydrogen-bond acceptors (Lipinski definition) is 6. The molecule has 0 spiro atoms. The summed E-state index contributed by atoms with van der Waals surface area (Å²) >= 11 is 0. The molecular formula is C22H26N6. The Morgan fingerprint density at radius 3 is 2.39 bits per heavy atom. The van der Waals surface area contributed by atoms with Gasteiger partial charge in [-0.3, -0.25) is 0 Å². The molecule has 1 aliphatic heterocycles. The fraction of sp³-hybridized carbons (Fsp3) is 0.364. The fourth-order valence-electron chi connectivity index (χ4n) is 3.42. The van der Waals surface area contributed by atoms with Crippen molar-refractivity contribution in [1.82, 2.24) is 24.8 Å². The molecule has 6 nitrogen and oxygen atoms in total. The van der Waals surface area contributed by atoms with Crippen molar-refractivity contribution in [3.05, 3.63) is 65.1 Å². The van der Waals surface area contributed by atoms with Gasteiger partial charge in [-0.2, -0.15) is 9.97 Å². The predicted molar refractivity (Wildman–Crippen MR) is 111 cm³/mol. The summed E-state index contributed by atoms with van der Waals surface area (Å²) in [7, 11) is 2.15. The van der Waals surface area contributed by atoms with Crippen LogP contribution in [0, 0.1) is 13.8 Å². The highest BCUT2D eigenvalue weighted by molar-refractivity contribution is 5.52. The number of anilines is 1. The molecule has 0 atom stereocenters. The van der Waals surface area contributed by atoms with Gasteiger partial charge < -0.3 is 9.80 Å². The molecule has 0 radical (unpaired) electrons. The number of rotatable bonds is 4. The van der Waals surface area contributed by atoms with Crippen molar-refractivity contribution >= 4 is 5.95 Å². The van der Waals surface area contributed by atoms with Crippen molar-refractivity contribution in [2.24, 2.45) is 0 Å². The van der Waals surface area contributed by atoms with Crippen LogP contribution < -0.4 is 4.90 Å². The van der Waals surface area contributed by atoms with E-state index in [1.807, 2.05) is 25.1 Å². The van der Waals surface area contributed by atoms with E-state index in [2.05, 4.69) is 53.0 Å².